The number of furan rings is 1. The molecule has 0 N–H and O–H groups in total. The molecule has 33 heavy (non-hydrogen) atoms. The van der Waals surface area contributed by atoms with Crippen molar-refractivity contribution in [1.82, 2.24) is 0 Å². The average molecular weight is 474 g/mol. The highest BCUT2D eigenvalue weighted by Gasteiger charge is 2.55. The van der Waals surface area contributed by atoms with E-state index in [2.05, 4.69) is 24.3 Å². The van der Waals surface area contributed by atoms with Gasteiger partial charge in [-0.1, -0.05) is 72.8 Å². The lowest BCUT2D eigenvalue weighted by molar-refractivity contribution is -0.387. The van der Waals surface area contributed by atoms with Crippen LogP contribution in [0.25, 0.3) is 22.6 Å². The van der Waals surface area contributed by atoms with Gasteiger partial charge < -0.3 is 4.42 Å². The monoisotopic (exact) mass is 473 g/mol. The van der Waals surface area contributed by atoms with Crippen molar-refractivity contribution in [1.29, 1.82) is 0 Å². The lowest BCUT2D eigenvalue weighted by Crippen LogP contribution is -2.13. The van der Waals surface area contributed by atoms with Gasteiger partial charge in [0.25, 0.3) is 5.69 Å². The van der Waals surface area contributed by atoms with Gasteiger partial charge in [0.05, 0.1) is 9.82 Å². The van der Waals surface area contributed by atoms with E-state index in [1.165, 1.54) is 11.1 Å². The van der Waals surface area contributed by atoms with E-state index < -0.39 is 0 Å². The maximum Gasteiger partial charge on any atom is 0.282 e. The molecule has 2 bridgehead atoms. The van der Waals surface area contributed by atoms with Crippen molar-refractivity contribution >= 4 is 29.1 Å². The molecule has 6 heteroatoms. The maximum atomic E-state index is 11.6. The lowest BCUT2D eigenvalue weighted by atomic mass is 9.89. The number of para-hydroxylation sites is 1. The molecule has 2 aliphatic carbocycles. The van der Waals surface area contributed by atoms with E-state index in [9.17, 15) is 10.1 Å². The molecule has 1 aromatic heterocycles. The van der Waals surface area contributed by atoms with Crippen molar-refractivity contribution in [2.24, 2.45) is 0 Å². The molecule has 0 saturated heterocycles. The van der Waals surface area contributed by atoms with Crippen LogP contribution in [0.3, 0.4) is 0 Å². The van der Waals surface area contributed by atoms with Crippen molar-refractivity contribution in [3.63, 3.8) is 0 Å². The molecule has 1 fully saturated rings. The fourth-order valence-corrected chi connectivity index (χ4v) is 7.54. The molecule has 3 aromatic carbocycles. The van der Waals surface area contributed by atoms with Crippen LogP contribution < -0.4 is 0 Å². The second-order valence-electron chi connectivity index (χ2n) is 8.51. The number of thioether (sulfide) groups is 1. The van der Waals surface area contributed by atoms with Crippen molar-refractivity contribution < 1.29 is 9.34 Å². The SMILES string of the molecule is O=[N+]([O-])c1ccccc1SC1[C@H]2c3c(-c4ccccc4)oc(-c4ccccc4)c3[C@@H]1C[C@H]2Cl. The molecule has 0 spiro atoms. The Bertz CT molecular complexity index is 1340. The molecule has 6 rings (SSSR count). The molecule has 0 radical (unpaired) electrons. The summed E-state index contributed by atoms with van der Waals surface area (Å²) in [5, 5.41) is 11.7. The summed E-state index contributed by atoms with van der Waals surface area (Å²) in [5.41, 5.74) is 4.62. The average Bonchev–Trinajstić information content (AvgIpc) is 3.47. The molecule has 4 atom stereocenters. The topological polar surface area (TPSA) is 56.3 Å². The van der Waals surface area contributed by atoms with Crippen molar-refractivity contribution in [2.75, 3.05) is 0 Å². The zero-order valence-corrected chi connectivity index (χ0v) is 19.1. The van der Waals surface area contributed by atoms with Gasteiger partial charge in [0.15, 0.2) is 0 Å². The number of rotatable bonds is 5. The smallest absolute Gasteiger partial charge is 0.282 e. The fraction of sp³-hybridized carbons (Fsp3) is 0.185. The Balaban J connectivity index is 1.51. The van der Waals surface area contributed by atoms with Crippen LogP contribution in [0.1, 0.15) is 29.4 Å². The zero-order chi connectivity index (χ0) is 22.5. The van der Waals surface area contributed by atoms with Gasteiger partial charge in [0.1, 0.15) is 11.5 Å². The van der Waals surface area contributed by atoms with E-state index in [0.717, 1.165) is 29.1 Å². The molecule has 164 valence electrons. The predicted molar refractivity (Wildman–Crippen MR) is 132 cm³/mol. The molecule has 0 amide bonds. The van der Waals surface area contributed by atoms with Gasteiger partial charge in [-0.05, 0) is 12.5 Å². The Morgan fingerprint density at radius 1 is 0.848 bits per heavy atom. The van der Waals surface area contributed by atoms with E-state index in [-0.39, 0.29) is 33.1 Å². The quantitative estimate of drug-likeness (QED) is 0.168. The number of hydrogen-bond acceptors (Lipinski definition) is 4. The highest BCUT2D eigenvalue weighted by Crippen LogP contribution is 2.65. The van der Waals surface area contributed by atoms with Gasteiger partial charge in [0.2, 0.25) is 0 Å². The summed E-state index contributed by atoms with van der Waals surface area (Å²) >= 11 is 8.52. The third kappa shape index (κ3) is 3.30. The number of hydrogen-bond donors (Lipinski definition) is 0. The van der Waals surface area contributed by atoms with Crippen LogP contribution >= 0.6 is 23.4 Å². The molecule has 1 unspecified atom stereocenters. The molecule has 4 aromatic rings. The Labute approximate surface area is 200 Å². The van der Waals surface area contributed by atoms with Crippen molar-refractivity contribution in [3.8, 4) is 22.6 Å². The standard InChI is InChI=1S/C27H20ClNO3S/c28-19-15-18-22-24(23(19)27(18)33-21-14-8-7-13-20(21)29(30)31)26(17-11-5-2-6-12-17)32-25(22)16-9-3-1-4-10-16/h1-14,18-19,23,27H,15H2/t18-,19+,23+,27?/m0/s1. The summed E-state index contributed by atoms with van der Waals surface area (Å²) in [6.45, 7) is 0. The van der Waals surface area contributed by atoms with E-state index in [1.54, 1.807) is 23.9 Å². The molecule has 1 saturated carbocycles. The van der Waals surface area contributed by atoms with Crippen LogP contribution in [0.4, 0.5) is 5.69 Å². The van der Waals surface area contributed by atoms with Crippen LogP contribution in [0.15, 0.2) is 94.2 Å². The van der Waals surface area contributed by atoms with Gasteiger partial charge in [-0.25, -0.2) is 0 Å². The Kier molecular flexibility index (Phi) is 5.04. The minimum Gasteiger partial charge on any atom is -0.455 e. The van der Waals surface area contributed by atoms with Gasteiger partial charge in [0, 0.05) is 50.8 Å². The summed E-state index contributed by atoms with van der Waals surface area (Å²) in [6.07, 6.45) is 0.838. The molecular formula is C27H20ClNO3S. The first-order valence-corrected chi connectivity index (χ1v) is 12.3. The Hall–Kier alpha value is -3.02. The van der Waals surface area contributed by atoms with Gasteiger partial charge in [-0.3, -0.25) is 10.1 Å². The van der Waals surface area contributed by atoms with Crippen LogP contribution in [-0.2, 0) is 0 Å². The van der Waals surface area contributed by atoms with E-state index >= 15 is 0 Å². The van der Waals surface area contributed by atoms with E-state index in [0.29, 0.717) is 4.90 Å². The summed E-state index contributed by atoms with van der Waals surface area (Å²) < 4.78 is 6.57. The van der Waals surface area contributed by atoms with E-state index in [1.807, 2.05) is 48.5 Å². The van der Waals surface area contributed by atoms with Crippen LogP contribution in [0.5, 0.6) is 0 Å². The highest BCUT2D eigenvalue weighted by molar-refractivity contribution is 8.00. The fourth-order valence-electron chi connectivity index (χ4n) is 5.38. The third-order valence-corrected chi connectivity index (χ3v) is 8.65. The predicted octanol–water partition coefficient (Wildman–Crippen LogP) is 7.87. The molecule has 2 aliphatic rings. The molecule has 0 aliphatic heterocycles. The van der Waals surface area contributed by atoms with Crippen LogP contribution in [0, 0.1) is 10.1 Å². The number of halogens is 1. The first-order chi connectivity index (χ1) is 16.1. The largest absolute Gasteiger partial charge is 0.455 e. The number of alkyl halides is 1. The van der Waals surface area contributed by atoms with E-state index in [4.69, 9.17) is 16.0 Å². The maximum absolute atomic E-state index is 11.6. The first-order valence-electron chi connectivity index (χ1n) is 10.9. The highest BCUT2D eigenvalue weighted by atomic mass is 35.5. The van der Waals surface area contributed by atoms with Gasteiger partial charge >= 0.3 is 0 Å². The van der Waals surface area contributed by atoms with Crippen LogP contribution in [-0.4, -0.2) is 15.6 Å². The summed E-state index contributed by atoms with van der Waals surface area (Å²) in [6, 6.07) is 27.3. The molecule has 1 heterocycles. The number of fused-ring (bicyclic) bond motifs is 5. The number of nitro groups is 1. The number of benzene rings is 3. The van der Waals surface area contributed by atoms with Gasteiger partial charge in [-0.2, -0.15) is 0 Å². The van der Waals surface area contributed by atoms with Crippen LogP contribution in [0.2, 0.25) is 0 Å². The summed E-state index contributed by atoms with van der Waals surface area (Å²) in [5.74, 6) is 2.01. The lowest BCUT2D eigenvalue weighted by Gasteiger charge is -2.19. The Morgan fingerprint density at radius 3 is 2.06 bits per heavy atom. The second kappa shape index (κ2) is 8.08. The second-order valence-corrected chi connectivity index (χ2v) is 10.3. The normalized spacial score (nSPS) is 22.9. The van der Waals surface area contributed by atoms with Crippen molar-refractivity contribution in [3.05, 3.63) is 106 Å². The molecular weight excluding hydrogens is 454 g/mol. The van der Waals surface area contributed by atoms with Gasteiger partial charge in [-0.15, -0.1) is 23.4 Å². The number of nitrogens with zero attached hydrogens (tertiary/aromatic N) is 1. The van der Waals surface area contributed by atoms with Crippen molar-refractivity contribution in [2.45, 2.75) is 33.8 Å². The number of nitro benzene ring substituents is 1. The Morgan fingerprint density at radius 2 is 1.42 bits per heavy atom. The minimum absolute atomic E-state index is 0.0357. The summed E-state index contributed by atoms with van der Waals surface area (Å²) in [7, 11) is 0. The summed E-state index contributed by atoms with van der Waals surface area (Å²) in [4.78, 5) is 12.0. The first kappa shape index (κ1) is 20.6. The molecule has 4 nitrogen and oxygen atoms in total. The zero-order valence-electron chi connectivity index (χ0n) is 17.6. The minimum atomic E-state index is -0.301. The third-order valence-electron chi connectivity index (χ3n) is 6.70.